The van der Waals surface area contributed by atoms with Gasteiger partial charge in [-0.3, -0.25) is 9.59 Å². The number of nitrogens with one attached hydrogen (secondary N) is 2. The number of amides is 2. The second-order valence-corrected chi connectivity index (χ2v) is 5.18. The fraction of sp³-hybridized carbons (Fsp3) is 0.111. The van der Waals surface area contributed by atoms with Crippen LogP contribution in [0.4, 0.5) is 18.9 Å². The molecule has 0 fully saturated rings. The van der Waals surface area contributed by atoms with Crippen molar-refractivity contribution in [2.45, 2.75) is 13.3 Å². The van der Waals surface area contributed by atoms with Crippen LogP contribution in [-0.2, 0) is 9.59 Å². The number of hydrogen-bond acceptors (Lipinski definition) is 3. The zero-order chi connectivity index (χ0) is 19.2. The molecule has 0 aliphatic rings. The Kier molecular flexibility index (Phi) is 6.00. The Bertz CT molecular complexity index is 801. The van der Waals surface area contributed by atoms with Gasteiger partial charge in [0.25, 0.3) is 5.91 Å². The van der Waals surface area contributed by atoms with Gasteiger partial charge in [-0.25, -0.2) is 0 Å². The number of rotatable bonds is 5. The van der Waals surface area contributed by atoms with Crippen molar-refractivity contribution < 1.29 is 27.5 Å². The number of alkyl halides is 3. The highest BCUT2D eigenvalue weighted by Gasteiger charge is 2.30. The van der Waals surface area contributed by atoms with Crippen LogP contribution in [0.3, 0.4) is 0 Å². The van der Waals surface area contributed by atoms with E-state index in [1.165, 1.54) is 25.1 Å². The van der Waals surface area contributed by atoms with Crippen molar-refractivity contribution in [3.8, 4) is 5.75 Å². The lowest BCUT2D eigenvalue weighted by molar-refractivity contribution is -0.274. The number of hydrogen-bond donors (Lipinski definition) is 2. The minimum Gasteiger partial charge on any atom is -0.406 e. The molecule has 2 amide bonds. The van der Waals surface area contributed by atoms with Crippen LogP contribution in [0.2, 0.25) is 0 Å². The van der Waals surface area contributed by atoms with Gasteiger partial charge < -0.3 is 15.4 Å². The first kappa shape index (κ1) is 19.0. The summed E-state index contributed by atoms with van der Waals surface area (Å²) in [5.41, 5.74) is 0.938. The van der Waals surface area contributed by atoms with Gasteiger partial charge in [0.2, 0.25) is 5.91 Å². The van der Waals surface area contributed by atoms with Crippen LogP contribution in [0.5, 0.6) is 5.75 Å². The van der Waals surface area contributed by atoms with Crippen molar-refractivity contribution in [2.75, 3.05) is 5.32 Å². The second kappa shape index (κ2) is 8.19. The van der Waals surface area contributed by atoms with Crippen molar-refractivity contribution in [3.63, 3.8) is 0 Å². The average Bonchev–Trinajstić information content (AvgIpc) is 2.55. The molecule has 0 atom stereocenters. The number of ether oxygens (including phenoxy) is 1. The van der Waals surface area contributed by atoms with Crippen LogP contribution < -0.4 is 15.4 Å². The first-order chi connectivity index (χ1) is 12.2. The molecular weight excluding hydrogens is 349 g/mol. The van der Waals surface area contributed by atoms with E-state index in [1.807, 2.05) is 0 Å². The molecule has 26 heavy (non-hydrogen) atoms. The Morgan fingerprint density at radius 1 is 1.00 bits per heavy atom. The van der Waals surface area contributed by atoms with Crippen molar-refractivity contribution in [1.29, 1.82) is 0 Å². The van der Waals surface area contributed by atoms with Crippen LogP contribution in [0.15, 0.2) is 60.3 Å². The minimum absolute atomic E-state index is 0.000631. The first-order valence-corrected chi connectivity index (χ1v) is 7.44. The van der Waals surface area contributed by atoms with E-state index in [9.17, 15) is 22.8 Å². The van der Waals surface area contributed by atoms with Gasteiger partial charge in [0.05, 0.1) is 0 Å². The number of benzene rings is 2. The van der Waals surface area contributed by atoms with Crippen LogP contribution in [0.1, 0.15) is 12.5 Å². The maximum Gasteiger partial charge on any atom is 0.573 e. The zero-order valence-corrected chi connectivity index (χ0v) is 13.6. The van der Waals surface area contributed by atoms with Gasteiger partial charge in [-0.1, -0.05) is 30.3 Å². The van der Waals surface area contributed by atoms with E-state index in [4.69, 9.17) is 0 Å². The Morgan fingerprint density at radius 3 is 2.15 bits per heavy atom. The SMILES string of the molecule is CC(=O)N/C(=C/c1ccccc1)C(=O)Nc1ccc(OC(F)(F)F)cc1. The number of carbonyl (C=O) groups is 2. The topological polar surface area (TPSA) is 67.4 Å². The van der Waals surface area contributed by atoms with Crippen LogP contribution in [0.25, 0.3) is 6.08 Å². The second-order valence-electron chi connectivity index (χ2n) is 5.18. The zero-order valence-electron chi connectivity index (χ0n) is 13.6. The van der Waals surface area contributed by atoms with Crippen molar-refractivity contribution in [2.24, 2.45) is 0 Å². The van der Waals surface area contributed by atoms with Crippen molar-refractivity contribution in [3.05, 3.63) is 65.9 Å². The molecule has 0 bridgehead atoms. The third-order valence-electron chi connectivity index (χ3n) is 3.01. The standard InChI is InChI=1S/C18H15F3N2O3/c1-12(24)22-16(11-13-5-3-2-4-6-13)17(25)23-14-7-9-15(10-8-14)26-18(19,20)21/h2-11H,1H3,(H,22,24)(H,23,25)/b16-11+. The van der Waals surface area contributed by atoms with E-state index in [0.717, 1.165) is 12.1 Å². The first-order valence-electron chi connectivity index (χ1n) is 7.44. The Labute approximate surface area is 147 Å². The molecule has 0 spiro atoms. The summed E-state index contributed by atoms with van der Waals surface area (Å²) in [7, 11) is 0. The molecule has 2 rings (SSSR count). The molecule has 0 saturated heterocycles. The van der Waals surface area contributed by atoms with Crippen molar-refractivity contribution >= 4 is 23.6 Å². The van der Waals surface area contributed by atoms with E-state index in [-0.39, 0.29) is 11.4 Å². The maximum absolute atomic E-state index is 12.4. The van der Waals surface area contributed by atoms with Crippen LogP contribution >= 0.6 is 0 Å². The number of halogens is 3. The third kappa shape index (κ3) is 6.31. The molecule has 8 heteroatoms. The van der Waals surface area contributed by atoms with E-state index < -0.39 is 23.9 Å². The molecule has 2 aromatic rings. The van der Waals surface area contributed by atoms with E-state index in [2.05, 4.69) is 15.4 Å². The number of carbonyl (C=O) groups excluding carboxylic acids is 2. The van der Waals surface area contributed by atoms with E-state index >= 15 is 0 Å². The lowest BCUT2D eigenvalue weighted by Crippen LogP contribution is -2.28. The summed E-state index contributed by atoms with van der Waals surface area (Å²) in [6, 6.07) is 13.5. The highest BCUT2D eigenvalue weighted by atomic mass is 19.4. The molecule has 5 nitrogen and oxygen atoms in total. The highest BCUT2D eigenvalue weighted by molar-refractivity contribution is 6.08. The van der Waals surface area contributed by atoms with Crippen LogP contribution in [-0.4, -0.2) is 18.2 Å². The fourth-order valence-electron chi connectivity index (χ4n) is 2.00. The highest BCUT2D eigenvalue weighted by Crippen LogP contribution is 2.24. The molecule has 0 aromatic heterocycles. The van der Waals surface area contributed by atoms with Gasteiger partial charge in [-0.2, -0.15) is 0 Å². The minimum atomic E-state index is -4.79. The smallest absolute Gasteiger partial charge is 0.406 e. The van der Waals surface area contributed by atoms with Gasteiger partial charge in [0.15, 0.2) is 0 Å². The molecular formula is C18H15F3N2O3. The van der Waals surface area contributed by atoms with Gasteiger partial charge in [0, 0.05) is 12.6 Å². The lowest BCUT2D eigenvalue weighted by Gasteiger charge is -2.11. The molecule has 0 radical (unpaired) electrons. The van der Waals surface area contributed by atoms with Gasteiger partial charge in [-0.15, -0.1) is 13.2 Å². The molecule has 0 unspecified atom stereocenters. The summed E-state index contributed by atoms with van der Waals surface area (Å²) in [6.07, 6.45) is -3.31. The van der Waals surface area contributed by atoms with E-state index in [0.29, 0.717) is 5.56 Å². The summed E-state index contributed by atoms with van der Waals surface area (Å²) in [4.78, 5) is 23.7. The summed E-state index contributed by atoms with van der Waals surface area (Å²) in [5, 5.41) is 4.93. The Hall–Kier alpha value is -3.29. The summed E-state index contributed by atoms with van der Waals surface area (Å²) >= 11 is 0. The normalized spacial score (nSPS) is 11.6. The molecule has 2 aromatic carbocycles. The van der Waals surface area contributed by atoms with Crippen LogP contribution in [0, 0.1) is 0 Å². The average molecular weight is 364 g/mol. The number of anilines is 1. The Balaban J connectivity index is 2.14. The Morgan fingerprint density at radius 2 is 1.62 bits per heavy atom. The third-order valence-corrected chi connectivity index (χ3v) is 3.01. The summed E-state index contributed by atoms with van der Waals surface area (Å²) < 4.78 is 40.2. The van der Waals surface area contributed by atoms with E-state index in [1.54, 1.807) is 30.3 Å². The predicted molar refractivity (Wildman–Crippen MR) is 90.0 cm³/mol. The summed E-state index contributed by atoms with van der Waals surface area (Å²) in [5.74, 6) is -1.46. The fourth-order valence-corrected chi connectivity index (χ4v) is 2.00. The van der Waals surface area contributed by atoms with Gasteiger partial charge in [0.1, 0.15) is 11.4 Å². The molecule has 0 saturated carbocycles. The molecule has 0 aliphatic carbocycles. The van der Waals surface area contributed by atoms with Gasteiger partial charge in [-0.05, 0) is 35.9 Å². The van der Waals surface area contributed by atoms with Gasteiger partial charge >= 0.3 is 6.36 Å². The van der Waals surface area contributed by atoms with Crippen molar-refractivity contribution in [1.82, 2.24) is 5.32 Å². The lowest BCUT2D eigenvalue weighted by atomic mass is 10.2. The molecule has 0 heterocycles. The predicted octanol–water partition coefficient (Wildman–Crippen LogP) is 3.70. The molecule has 2 N–H and O–H groups in total. The molecule has 0 aliphatic heterocycles. The molecule has 136 valence electrons. The maximum atomic E-state index is 12.4. The summed E-state index contributed by atoms with van der Waals surface area (Å²) in [6.45, 7) is 1.26. The quantitative estimate of drug-likeness (QED) is 0.795. The monoisotopic (exact) mass is 364 g/mol. The largest absolute Gasteiger partial charge is 0.573 e.